The fourth-order valence-electron chi connectivity index (χ4n) is 4.25. The van der Waals surface area contributed by atoms with Crippen LogP contribution in [0.2, 0.25) is 10.0 Å². The minimum absolute atomic E-state index is 0.0651. The molecule has 3 heterocycles. The van der Waals surface area contributed by atoms with E-state index >= 15 is 0 Å². The summed E-state index contributed by atoms with van der Waals surface area (Å²) < 4.78 is 10.8. The topological polar surface area (TPSA) is 138 Å². The number of hydrogen-bond acceptors (Lipinski definition) is 8. The van der Waals surface area contributed by atoms with Crippen LogP contribution in [0.3, 0.4) is 0 Å². The molecule has 3 N–H and O–H groups in total. The summed E-state index contributed by atoms with van der Waals surface area (Å²) in [4.78, 5) is 38.0. The van der Waals surface area contributed by atoms with E-state index in [1.807, 2.05) is 0 Å². The van der Waals surface area contributed by atoms with Gasteiger partial charge in [0, 0.05) is 24.0 Å². The summed E-state index contributed by atoms with van der Waals surface area (Å²) in [5, 5.41) is 13.0. The van der Waals surface area contributed by atoms with Gasteiger partial charge >= 0.3 is 6.03 Å². The zero-order valence-electron chi connectivity index (χ0n) is 21.9. The van der Waals surface area contributed by atoms with Crippen LogP contribution in [0, 0.1) is 0 Å². The Hall–Kier alpha value is -4.81. The van der Waals surface area contributed by atoms with Crippen LogP contribution in [0.15, 0.2) is 61.4 Å². The molecule has 41 heavy (non-hydrogen) atoms. The number of ether oxygens (including phenoxy) is 2. The Kier molecular flexibility index (Phi) is 7.95. The molecule has 14 heteroatoms. The number of H-pyrrole nitrogens is 1. The van der Waals surface area contributed by atoms with Gasteiger partial charge in [-0.15, -0.1) is 0 Å². The number of fused-ring (bicyclic) bond motifs is 1. The average molecular weight is 595 g/mol. The number of aromatic nitrogens is 4. The van der Waals surface area contributed by atoms with E-state index < -0.39 is 6.03 Å². The maximum atomic E-state index is 14.1. The number of carbonyl (C=O) groups excluding carboxylic acids is 2. The highest BCUT2D eigenvalue weighted by Crippen LogP contribution is 2.48. The molecular weight excluding hydrogens is 571 g/mol. The second kappa shape index (κ2) is 11.7. The van der Waals surface area contributed by atoms with Crippen molar-refractivity contribution < 1.29 is 19.1 Å². The lowest BCUT2D eigenvalue weighted by molar-refractivity contribution is -0.111. The Morgan fingerprint density at radius 1 is 1.15 bits per heavy atom. The summed E-state index contributed by atoms with van der Waals surface area (Å²) in [6, 6.07) is 9.91. The maximum absolute atomic E-state index is 14.1. The summed E-state index contributed by atoms with van der Waals surface area (Å²) in [6.45, 7) is 3.66. The number of rotatable bonds is 9. The van der Waals surface area contributed by atoms with Gasteiger partial charge in [0.15, 0.2) is 0 Å². The van der Waals surface area contributed by atoms with Crippen LogP contribution in [0.5, 0.6) is 11.5 Å². The van der Waals surface area contributed by atoms with Gasteiger partial charge in [-0.1, -0.05) is 41.9 Å². The quantitative estimate of drug-likeness (QED) is 0.215. The molecule has 1 aliphatic heterocycles. The van der Waals surface area contributed by atoms with Gasteiger partial charge in [-0.05, 0) is 24.3 Å². The van der Waals surface area contributed by atoms with Gasteiger partial charge in [-0.25, -0.2) is 9.78 Å². The molecule has 4 aromatic rings. The first-order valence-corrected chi connectivity index (χ1v) is 12.9. The highest BCUT2D eigenvalue weighted by Gasteiger charge is 2.37. The minimum atomic E-state index is -0.450. The molecule has 0 saturated carbocycles. The molecule has 0 atom stereocenters. The van der Waals surface area contributed by atoms with Crippen molar-refractivity contribution in [3.8, 4) is 11.5 Å². The molecule has 0 aliphatic carbocycles. The highest BCUT2D eigenvalue weighted by molar-refractivity contribution is 6.42. The molecule has 0 spiro atoms. The molecule has 2 aromatic carbocycles. The van der Waals surface area contributed by atoms with Crippen molar-refractivity contribution >= 4 is 64.0 Å². The smallest absolute Gasteiger partial charge is 0.330 e. The SMILES string of the molecule is C=CC(=O)Nc1ccccc1Nc1ncc2c(n1)N(Cc1ccn[nH]1)C(=O)N(c1c(Cl)c(OC)cc(OC)c1Cl)C2. The van der Waals surface area contributed by atoms with Gasteiger partial charge in [-0.3, -0.25) is 19.7 Å². The molecule has 1 aliphatic rings. The largest absolute Gasteiger partial charge is 0.495 e. The standard InChI is InChI=1S/C27H24Cl2N8O4/c1-4-21(38)32-17-7-5-6-8-18(17)33-26-30-12-15-13-36(24-22(28)19(40-2)11-20(41-3)23(24)29)27(39)37(25(15)34-26)14-16-9-10-31-35-16/h4-12H,1,13-14H2,2-3H3,(H,31,35)(H,32,38)(H,30,33,34). The van der Waals surface area contributed by atoms with Crippen molar-refractivity contribution in [2.45, 2.75) is 13.1 Å². The second-order valence-electron chi connectivity index (χ2n) is 8.70. The van der Waals surface area contributed by atoms with Crippen LogP contribution < -0.4 is 29.9 Å². The van der Waals surface area contributed by atoms with Crippen LogP contribution >= 0.6 is 23.2 Å². The molecule has 2 aromatic heterocycles. The number of anilines is 5. The van der Waals surface area contributed by atoms with Crippen molar-refractivity contribution in [3.63, 3.8) is 0 Å². The summed E-state index contributed by atoms with van der Waals surface area (Å²) in [6.07, 6.45) is 4.37. The maximum Gasteiger partial charge on any atom is 0.330 e. The summed E-state index contributed by atoms with van der Waals surface area (Å²) in [5.41, 5.74) is 2.57. The Balaban J connectivity index is 1.57. The fourth-order valence-corrected chi connectivity index (χ4v) is 4.96. The molecule has 12 nitrogen and oxygen atoms in total. The van der Waals surface area contributed by atoms with Crippen LogP contribution in [-0.4, -0.2) is 46.3 Å². The first-order valence-electron chi connectivity index (χ1n) is 12.2. The van der Waals surface area contributed by atoms with Crippen LogP contribution in [0.1, 0.15) is 11.3 Å². The third-order valence-electron chi connectivity index (χ3n) is 6.21. The molecule has 210 valence electrons. The number of nitrogens with zero attached hydrogens (tertiary/aromatic N) is 5. The number of aromatic amines is 1. The van der Waals surface area contributed by atoms with Gasteiger partial charge in [0.2, 0.25) is 11.9 Å². The van der Waals surface area contributed by atoms with Crippen LogP contribution in [0.4, 0.5) is 33.6 Å². The number of amides is 3. The van der Waals surface area contributed by atoms with Gasteiger partial charge in [0.1, 0.15) is 27.4 Å². The van der Waals surface area contributed by atoms with E-state index in [2.05, 4.69) is 37.4 Å². The molecule has 0 fully saturated rings. The molecule has 3 amide bonds. The normalized spacial score (nSPS) is 12.5. The number of halogens is 2. The Bertz CT molecular complexity index is 1600. The number of carbonyl (C=O) groups is 2. The molecule has 0 radical (unpaired) electrons. The van der Waals surface area contributed by atoms with Gasteiger partial charge in [0.05, 0.1) is 50.1 Å². The Morgan fingerprint density at radius 3 is 2.49 bits per heavy atom. The first-order chi connectivity index (χ1) is 19.8. The lowest BCUT2D eigenvalue weighted by atomic mass is 10.1. The van der Waals surface area contributed by atoms with Crippen molar-refractivity contribution in [3.05, 3.63) is 82.7 Å². The predicted octanol–water partition coefficient (Wildman–Crippen LogP) is 5.54. The monoisotopic (exact) mass is 594 g/mol. The van der Waals surface area contributed by atoms with Crippen molar-refractivity contribution in [1.82, 2.24) is 20.2 Å². The van der Waals surface area contributed by atoms with E-state index in [1.165, 1.54) is 30.1 Å². The summed E-state index contributed by atoms with van der Waals surface area (Å²) in [5.74, 6) is 0.792. The molecule has 5 rings (SSSR count). The Morgan fingerprint density at radius 2 is 1.85 bits per heavy atom. The van der Waals surface area contributed by atoms with Crippen molar-refractivity contribution in [1.29, 1.82) is 0 Å². The van der Waals surface area contributed by atoms with Gasteiger partial charge in [-0.2, -0.15) is 10.1 Å². The number of methoxy groups -OCH3 is 2. The lowest BCUT2D eigenvalue weighted by Gasteiger charge is -2.37. The zero-order chi connectivity index (χ0) is 29.1. The third kappa shape index (κ3) is 5.47. The minimum Gasteiger partial charge on any atom is -0.495 e. The summed E-state index contributed by atoms with van der Waals surface area (Å²) >= 11 is 13.3. The molecule has 0 saturated heterocycles. The highest BCUT2D eigenvalue weighted by atomic mass is 35.5. The predicted molar refractivity (Wildman–Crippen MR) is 156 cm³/mol. The summed E-state index contributed by atoms with van der Waals surface area (Å²) in [7, 11) is 2.92. The number of urea groups is 1. The zero-order valence-corrected chi connectivity index (χ0v) is 23.5. The molecular formula is C27H24Cl2N8O4. The van der Waals surface area contributed by atoms with E-state index in [4.69, 9.17) is 32.7 Å². The average Bonchev–Trinajstić information content (AvgIpc) is 3.50. The van der Waals surface area contributed by atoms with Crippen LogP contribution in [0.25, 0.3) is 0 Å². The number of hydrogen-bond donors (Lipinski definition) is 3. The van der Waals surface area contributed by atoms with E-state index in [-0.39, 0.29) is 40.7 Å². The molecule has 0 bridgehead atoms. The molecule has 0 unspecified atom stereocenters. The van der Waals surface area contributed by atoms with Gasteiger partial charge in [0.25, 0.3) is 0 Å². The number of nitrogens with one attached hydrogen (secondary N) is 3. The van der Waals surface area contributed by atoms with E-state index in [1.54, 1.807) is 48.8 Å². The van der Waals surface area contributed by atoms with Crippen LogP contribution in [-0.2, 0) is 17.9 Å². The second-order valence-corrected chi connectivity index (χ2v) is 9.46. The van der Waals surface area contributed by atoms with E-state index in [0.29, 0.717) is 39.9 Å². The number of para-hydroxylation sites is 2. The van der Waals surface area contributed by atoms with E-state index in [0.717, 1.165) is 0 Å². The van der Waals surface area contributed by atoms with Crippen molar-refractivity contribution in [2.24, 2.45) is 0 Å². The lowest BCUT2D eigenvalue weighted by Crippen LogP contribution is -2.48. The van der Waals surface area contributed by atoms with E-state index in [9.17, 15) is 9.59 Å². The Labute approximate surface area is 244 Å². The first kappa shape index (κ1) is 27.7. The third-order valence-corrected chi connectivity index (χ3v) is 6.94. The number of benzene rings is 2. The fraction of sp³-hybridized carbons (Fsp3) is 0.148. The van der Waals surface area contributed by atoms with Crippen molar-refractivity contribution in [2.75, 3.05) is 34.7 Å². The van der Waals surface area contributed by atoms with Gasteiger partial charge < -0.3 is 20.1 Å².